The largest absolute Gasteiger partial charge is 0.423 e. The van der Waals surface area contributed by atoms with Crippen molar-refractivity contribution >= 4 is 23.4 Å². The molecule has 0 fully saturated rings. The van der Waals surface area contributed by atoms with E-state index in [1.807, 2.05) is 42.6 Å². The minimum atomic E-state index is -0.354. The maximum atomic E-state index is 11.6. The number of rotatable bonds is 3. The number of carbonyl (C=O) groups is 1. The van der Waals surface area contributed by atoms with Crippen LogP contribution < -0.4 is 4.74 Å². The number of carbonyl (C=O) groups excluding carboxylic acids is 1. The van der Waals surface area contributed by atoms with Crippen molar-refractivity contribution in [1.29, 1.82) is 0 Å². The van der Waals surface area contributed by atoms with Crippen molar-refractivity contribution in [3.63, 3.8) is 0 Å². The van der Waals surface area contributed by atoms with Crippen LogP contribution in [-0.4, -0.2) is 5.97 Å². The van der Waals surface area contributed by atoms with Gasteiger partial charge in [0.25, 0.3) is 0 Å². The van der Waals surface area contributed by atoms with Crippen LogP contribution in [0.15, 0.2) is 47.9 Å². The summed E-state index contributed by atoms with van der Waals surface area (Å²) in [7, 11) is 0. The predicted molar refractivity (Wildman–Crippen MR) is 70.2 cm³/mol. The van der Waals surface area contributed by atoms with Gasteiger partial charge in [-0.15, -0.1) is 11.3 Å². The highest BCUT2D eigenvalue weighted by Gasteiger charge is 2.02. The molecule has 0 radical (unpaired) electrons. The Bertz CT molecular complexity index is 527. The molecule has 0 saturated heterocycles. The highest BCUT2D eigenvalue weighted by molar-refractivity contribution is 7.10. The topological polar surface area (TPSA) is 26.3 Å². The Kier molecular flexibility index (Phi) is 3.73. The number of esters is 1. The Morgan fingerprint density at radius 3 is 2.76 bits per heavy atom. The molecule has 2 nitrogen and oxygen atoms in total. The molecular weight excluding hydrogens is 232 g/mol. The zero-order valence-electron chi connectivity index (χ0n) is 9.42. The zero-order chi connectivity index (χ0) is 12.1. The van der Waals surface area contributed by atoms with Gasteiger partial charge in [-0.1, -0.05) is 24.3 Å². The molecule has 17 heavy (non-hydrogen) atoms. The molecule has 1 heterocycles. The molecule has 0 N–H and O–H groups in total. The molecule has 3 heteroatoms. The number of hydrogen-bond acceptors (Lipinski definition) is 3. The molecule has 0 amide bonds. The van der Waals surface area contributed by atoms with E-state index in [0.717, 1.165) is 10.4 Å². The van der Waals surface area contributed by atoms with Crippen molar-refractivity contribution in [1.82, 2.24) is 0 Å². The Balaban J connectivity index is 2.01. The maximum Gasteiger partial charge on any atom is 0.336 e. The van der Waals surface area contributed by atoms with E-state index in [9.17, 15) is 4.79 Å². The summed E-state index contributed by atoms with van der Waals surface area (Å²) in [5, 5.41) is 1.96. The van der Waals surface area contributed by atoms with Gasteiger partial charge >= 0.3 is 5.97 Å². The molecule has 2 rings (SSSR count). The normalized spacial score (nSPS) is 10.6. The van der Waals surface area contributed by atoms with Crippen molar-refractivity contribution in [2.45, 2.75) is 6.92 Å². The lowest BCUT2D eigenvalue weighted by atomic mass is 10.2. The van der Waals surface area contributed by atoms with Gasteiger partial charge in [-0.2, -0.15) is 0 Å². The third-order valence-electron chi connectivity index (χ3n) is 2.23. The fraction of sp³-hybridized carbons (Fsp3) is 0.0714. The molecule has 0 spiro atoms. The van der Waals surface area contributed by atoms with Crippen LogP contribution in [0.1, 0.15) is 10.4 Å². The van der Waals surface area contributed by atoms with Crippen molar-refractivity contribution in [3.8, 4) is 5.75 Å². The molecule has 0 unspecified atom stereocenters. The average Bonchev–Trinajstić information content (AvgIpc) is 2.82. The SMILES string of the molecule is Cc1ccccc1OC(=O)C=Cc1cccs1. The zero-order valence-corrected chi connectivity index (χ0v) is 10.2. The summed E-state index contributed by atoms with van der Waals surface area (Å²) < 4.78 is 5.22. The molecule has 0 aliphatic carbocycles. The first kappa shape index (κ1) is 11.6. The Morgan fingerprint density at radius 2 is 2.06 bits per heavy atom. The highest BCUT2D eigenvalue weighted by Crippen LogP contribution is 2.17. The first-order chi connectivity index (χ1) is 8.25. The van der Waals surface area contributed by atoms with Gasteiger partial charge in [-0.3, -0.25) is 0 Å². The smallest absolute Gasteiger partial charge is 0.336 e. The molecule has 0 aliphatic rings. The van der Waals surface area contributed by atoms with Crippen LogP contribution in [-0.2, 0) is 4.79 Å². The Labute approximate surface area is 104 Å². The fourth-order valence-corrected chi connectivity index (χ4v) is 1.97. The molecule has 1 aromatic carbocycles. The summed E-state index contributed by atoms with van der Waals surface area (Å²) in [6.45, 7) is 1.91. The molecule has 0 aliphatic heterocycles. The molecule has 86 valence electrons. The van der Waals surface area contributed by atoms with Gasteiger partial charge in [0.05, 0.1) is 0 Å². The van der Waals surface area contributed by atoms with E-state index >= 15 is 0 Å². The monoisotopic (exact) mass is 244 g/mol. The fourth-order valence-electron chi connectivity index (χ4n) is 1.35. The molecular formula is C14H12O2S. The second-order valence-corrected chi connectivity index (χ2v) is 4.51. The number of para-hydroxylation sites is 1. The summed E-state index contributed by atoms with van der Waals surface area (Å²) in [6, 6.07) is 11.3. The number of hydrogen-bond donors (Lipinski definition) is 0. The molecule has 2 aromatic rings. The molecule has 0 bridgehead atoms. The Morgan fingerprint density at radius 1 is 1.24 bits per heavy atom. The molecule has 1 aromatic heterocycles. The van der Waals surface area contributed by atoms with Gasteiger partial charge in [0.2, 0.25) is 0 Å². The molecule has 0 atom stereocenters. The number of thiophene rings is 1. The third-order valence-corrected chi connectivity index (χ3v) is 3.07. The first-order valence-electron chi connectivity index (χ1n) is 5.25. The van der Waals surface area contributed by atoms with Crippen LogP contribution in [0.5, 0.6) is 5.75 Å². The minimum absolute atomic E-state index is 0.354. The van der Waals surface area contributed by atoms with E-state index < -0.39 is 0 Å². The number of aryl methyl sites for hydroxylation is 1. The van der Waals surface area contributed by atoms with Crippen LogP contribution in [0.25, 0.3) is 6.08 Å². The second kappa shape index (κ2) is 5.46. The minimum Gasteiger partial charge on any atom is -0.423 e. The third kappa shape index (κ3) is 3.29. The van der Waals surface area contributed by atoms with Crippen LogP contribution in [0.4, 0.5) is 0 Å². The summed E-state index contributed by atoms with van der Waals surface area (Å²) in [6.07, 6.45) is 3.20. The van der Waals surface area contributed by atoms with Gasteiger partial charge in [0.15, 0.2) is 0 Å². The van der Waals surface area contributed by atoms with E-state index in [4.69, 9.17) is 4.74 Å². The van der Waals surface area contributed by atoms with Crippen LogP contribution in [0, 0.1) is 6.92 Å². The van der Waals surface area contributed by atoms with E-state index in [-0.39, 0.29) is 5.97 Å². The maximum absolute atomic E-state index is 11.6. The lowest BCUT2D eigenvalue weighted by Crippen LogP contribution is -2.04. The first-order valence-corrected chi connectivity index (χ1v) is 6.13. The van der Waals surface area contributed by atoms with Gasteiger partial charge < -0.3 is 4.74 Å². The quantitative estimate of drug-likeness (QED) is 0.468. The van der Waals surface area contributed by atoms with Crippen molar-refractivity contribution in [3.05, 3.63) is 58.3 Å². The van der Waals surface area contributed by atoms with Crippen LogP contribution in [0.2, 0.25) is 0 Å². The van der Waals surface area contributed by atoms with Gasteiger partial charge in [0.1, 0.15) is 5.75 Å². The summed E-state index contributed by atoms with van der Waals surface area (Å²) in [5.41, 5.74) is 0.949. The van der Waals surface area contributed by atoms with Crippen molar-refractivity contribution in [2.75, 3.05) is 0 Å². The van der Waals surface area contributed by atoms with Gasteiger partial charge in [0, 0.05) is 11.0 Å². The number of ether oxygens (including phenoxy) is 1. The lowest BCUT2D eigenvalue weighted by molar-refractivity contribution is -0.128. The van der Waals surface area contributed by atoms with Crippen molar-refractivity contribution in [2.24, 2.45) is 0 Å². The van der Waals surface area contributed by atoms with E-state index in [0.29, 0.717) is 5.75 Å². The van der Waals surface area contributed by atoms with E-state index in [1.165, 1.54) is 6.08 Å². The van der Waals surface area contributed by atoms with Crippen LogP contribution >= 0.6 is 11.3 Å². The van der Waals surface area contributed by atoms with Crippen LogP contribution in [0.3, 0.4) is 0 Å². The molecule has 0 saturated carbocycles. The van der Waals surface area contributed by atoms with Crippen molar-refractivity contribution < 1.29 is 9.53 Å². The summed E-state index contributed by atoms with van der Waals surface area (Å²) >= 11 is 1.58. The van der Waals surface area contributed by atoms with E-state index in [2.05, 4.69) is 0 Å². The Hall–Kier alpha value is -1.87. The van der Waals surface area contributed by atoms with Gasteiger partial charge in [-0.05, 0) is 36.1 Å². The number of benzene rings is 1. The standard InChI is InChI=1S/C14H12O2S/c1-11-5-2-3-7-13(11)16-14(15)9-8-12-6-4-10-17-12/h2-10H,1H3. The predicted octanol–water partition coefficient (Wildman–Crippen LogP) is 3.68. The highest BCUT2D eigenvalue weighted by atomic mass is 32.1. The summed E-state index contributed by atoms with van der Waals surface area (Å²) in [5.74, 6) is 0.251. The average molecular weight is 244 g/mol. The second-order valence-electron chi connectivity index (χ2n) is 3.54. The van der Waals surface area contributed by atoms with Gasteiger partial charge in [-0.25, -0.2) is 4.79 Å². The van der Waals surface area contributed by atoms with E-state index in [1.54, 1.807) is 23.5 Å². The summed E-state index contributed by atoms with van der Waals surface area (Å²) in [4.78, 5) is 12.6. The lowest BCUT2D eigenvalue weighted by Gasteiger charge is -2.03.